The Kier molecular flexibility index (Phi) is 5.07. The molecule has 4 nitrogen and oxygen atoms in total. The number of pyridine rings is 1. The number of hydrogen-bond acceptors (Lipinski definition) is 3. The van der Waals surface area contributed by atoms with E-state index in [2.05, 4.69) is 4.98 Å². The summed E-state index contributed by atoms with van der Waals surface area (Å²) in [5.41, 5.74) is 6.82. The highest BCUT2D eigenvalue weighted by molar-refractivity contribution is 5.94. The number of fused-ring (bicyclic) bond motifs is 1. The molecule has 20 heavy (non-hydrogen) atoms. The van der Waals surface area contributed by atoms with Crippen molar-refractivity contribution in [3.63, 3.8) is 0 Å². The number of rotatable bonds is 6. The molecule has 0 radical (unpaired) electrons. The molecule has 1 heterocycles. The molecule has 0 bridgehead atoms. The minimum absolute atomic E-state index is 0.0245. The highest BCUT2D eigenvalue weighted by Gasteiger charge is 2.12. The molecule has 1 amide bonds. The number of nitrogens with two attached hydrogens (primary N) is 1. The van der Waals surface area contributed by atoms with Crippen LogP contribution in [0.4, 0.5) is 0 Å². The van der Waals surface area contributed by atoms with Gasteiger partial charge in [0.25, 0.3) is 5.91 Å². The zero-order valence-electron chi connectivity index (χ0n) is 11.9. The number of carbonyl (C=O) groups is 1. The maximum atomic E-state index is 12.3. The average molecular weight is 271 g/mol. The van der Waals surface area contributed by atoms with Gasteiger partial charge in [-0.05, 0) is 31.5 Å². The minimum atomic E-state index is -0.0245. The van der Waals surface area contributed by atoms with E-state index in [1.807, 2.05) is 37.4 Å². The van der Waals surface area contributed by atoms with Crippen molar-refractivity contribution >= 4 is 16.8 Å². The van der Waals surface area contributed by atoms with Crippen LogP contribution in [0, 0.1) is 0 Å². The van der Waals surface area contributed by atoms with E-state index in [-0.39, 0.29) is 5.91 Å². The summed E-state index contributed by atoms with van der Waals surface area (Å²) in [6.07, 6.45) is 3.04. The van der Waals surface area contributed by atoms with Crippen LogP contribution in [0.5, 0.6) is 0 Å². The van der Waals surface area contributed by atoms with Gasteiger partial charge in [0.2, 0.25) is 0 Å². The lowest BCUT2D eigenvalue weighted by Gasteiger charge is -2.16. The first kappa shape index (κ1) is 14.5. The van der Waals surface area contributed by atoms with Gasteiger partial charge in [-0.2, -0.15) is 0 Å². The molecule has 2 N–H and O–H groups in total. The summed E-state index contributed by atoms with van der Waals surface area (Å²) in [6, 6.07) is 11.6. The van der Waals surface area contributed by atoms with Crippen LogP contribution in [0.3, 0.4) is 0 Å². The molecule has 0 aliphatic carbocycles. The number of unbranched alkanes of at least 4 members (excludes halogenated alkanes) is 2. The first-order chi connectivity index (χ1) is 9.72. The molecule has 106 valence electrons. The zero-order chi connectivity index (χ0) is 14.4. The van der Waals surface area contributed by atoms with E-state index in [1.54, 1.807) is 11.0 Å². The second-order valence-corrected chi connectivity index (χ2v) is 4.97. The van der Waals surface area contributed by atoms with Crippen molar-refractivity contribution in [3.05, 3.63) is 42.1 Å². The fourth-order valence-electron chi connectivity index (χ4n) is 2.15. The van der Waals surface area contributed by atoms with E-state index >= 15 is 0 Å². The number of amides is 1. The Bertz CT molecular complexity index is 583. The lowest BCUT2D eigenvalue weighted by molar-refractivity contribution is 0.0787. The molecule has 0 atom stereocenters. The lowest BCUT2D eigenvalue weighted by Crippen LogP contribution is -2.28. The quantitative estimate of drug-likeness (QED) is 0.821. The lowest BCUT2D eigenvalue weighted by atomic mass is 10.2. The minimum Gasteiger partial charge on any atom is -0.340 e. The van der Waals surface area contributed by atoms with Crippen LogP contribution in [0.1, 0.15) is 29.8 Å². The van der Waals surface area contributed by atoms with Gasteiger partial charge in [-0.3, -0.25) is 4.79 Å². The number of nitrogens with zero attached hydrogens (tertiary/aromatic N) is 2. The normalized spacial score (nSPS) is 10.7. The van der Waals surface area contributed by atoms with Crippen molar-refractivity contribution in [3.8, 4) is 0 Å². The predicted molar refractivity (Wildman–Crippen MR) is 81.6 cm³/mol. The Morgan fingerprint density at radius 3 is 2.75 bits per heavy atom. The van der Waals surface area contributed by atoms with E-state index < -0.39 is 0 Å². The first-order valence-electron chi connectivity index (χ1n) is 7.03. The van der Waals surface area contributed by atoms with Crippen molar-refractivity contribution in [1.29, 1.82) is 0 Å². The maximum absolute atomic E-state index is 12.3. The van der Waals surface area contributed by atoms with Crippen LogP contribution in [0.15, 0.2) is 36.4 Å². The average Bonchev–Trinajstić information content (AvgIpc) is 2.50. The van der Waals surface area contributed by atoms with Gasteiger partial charge in [0, 0.05) is 19.0 Å². The molecular weight excluding hydrogens is 250 g/mol. The molecule has 2 rings (SSSR count). The third kappa shape index (κ3) is 3.54. The van der Waals surface area contributed by atoms with Crippen LogP contribution in [0.25, 0.3) is 10.9 Å². The van der Waals surface area contributed by atoms with Crippen molar-refractivity contribution in [2.75, 3.05) is 20.1 Å². The molecule has 2 aromatic rings. The summed E-state index contributed by atoms with van der Waals surface area (Å²) in [6.45, 7) is 1.46. The highest BCUT2D eigenvalue weighted by atomic mass is 16.2. The fraction of sp³-hybridized carbons (Fsp3) is 0.375. The number of aromatic nitrogens is 1. The van der Waals surface area contributed by atoms with Crippen LogP contribution in [-0.4, -0.2) is 35.9 Å². The van der Waals surface area contributed by atoms with Gasteiger partial charge in [-0.1, -0.05) is 30.7 Å². The number of carbonyl (C=O) groups excluding carboxylic acids is 1. The Morgan fingerprint density at radius 2 is 1.95 bits per heavy atom. The van der Waals surface area contributed by atoms with Gasteiger partial charge in [-0.15, -0.1) is 0 Å². The van der Waals surface area contributed by atoms with E-state index in [4.69, 9.17) is 5.73 Å². The molecule has 4 heteroatoms. The number of hydrogen-bond donors (Lipinski definition) is 1. The van der Waals surface area contributed by atoms with E-state index in [9.17, 15) is 4.79 Å². The first-order valence-corrected chi connectivity index (χ1v) is 7.03. The summed E-state index contributed by atoms with van der Waals surface area (Å²) in [4.78, 5) is 18.5. The van der Waals surface area contributed by atoms with Crippen LogP contribution >= 0.6 is 0 Å². The summed E-state index contributed by atoms with van der Waals surface area (Å²) in [7, 11) is 1.82. The van der Waals surface area contributed by atoms with Crippen molar-refractivity contribution in [2.24, 2.45) is 5.73 Å². The van der Waals surface area contributed by atoms with E-state index in [0.29, 0.717) is 12.2 Å². The van der Waals surface area contributed by atoms with Crippen molar-refractivity contribution < 1.29 is 4.79 Å². The summed E-state index contributed by atoms with van der Waals surface area (Å²) >= 11 is 0. The Labute approximate surface area is 119 Å². The number of benzene rings is 1. The smallest absolute Gasteiger partial charge is 0.272 e. The van der Waals surface area contributed by atoms with Gasteiger partial charge < -0.3 is 10.6 Å². The number of para-hydroxylation sites is 1. The van der Waals surface area contributed by atoms with Crippen molar-refractivity contribution in [2.45, 2.75) is 19.3 Å². The molecule has 0 saturated heterocycles. The molecule has 1 aromatic heterocycles. The molecule has 0 fully saturated rings. The molecular formula is C16H21N3O. The molecule has 0 spiro atoms. The molecule has 0 aliphatic heterocycles. The topological polar surface area (TPSA) is 59.2 Å². The molecule has 0 unspecified atom stereocenters. The van der Waals surface area contributed by atoms with E-state index in [1.165, 1.54) is 0 Å². The highest BCUT2D eigenvalue weighted by Crippen LogP contribution is 2.13. The Balaban J connectivity index is 2.02. The van der Waals surface area contributed by atoms with Crippen molar-refractivity contribution in [1.82, 2.24) is 9.88 Å². The third-order valence-corrected chi connectivity index (χ3v) is 3.36. The van der Waals surface area contributed by atoms with Gasteiger partial charge in [-0.25, -0.2) is 4.98 Å². The zero-order valence-corrected chi connectivity index (χ0v) is 11.9. The largest absolute Gasteiger partial charge is 0.340 e. The Hall–Kier alpha value is -1.94. The summed E-state index contributed by atoms with van der Waals surface area (Å²) in [5, 5.41) is 1.05. The molecule has 0 saturated carbocycles. The fourth-order valence-corrected chi connectivity index (χ4v) is 2.15. The van der Waals surface area contributed by atoms with E-state index in [0.717, 1.165) is 36.7 Å². The Morgan fingerprint density at radius 1 is 1.15 bits per heavy atom. The maximum Gasteiger partial charge on any atom is 0.272 e. The molecule has 1 aromatic carbocycles. The predicted octanol–water partition coefficient (Wildman–Crippen LogP) is 2.44. The standard InChI is InChI=1S/C16H21N3O/c1-19(12-6-2-5-11-17)16(20)15-10-9-13-7-3-4-8-14(13)18-15/h3-4,7-10H,2,5-6,11-12,17H2,1H3. The van der Waals surface area contributed by atoms with Gasteiger partial charge in [0.15, 0.2) is 0 Å². The second kappa shape index (κ2) is 7.01. The summed E-state index contributed by atoms with van der Waals surface area (Å²) in [5.74, 6) is -0.0245. The summed E-state index contributed by atoms with van der Waals surface area (Å²) < 4.78 is 0. The second-order valence-electron chi connectivity index (χ2n) is 4.97. The molecule has 0 aliphatic rings. The SMILES string of the molecule is CN(CCCCCN)C(=O)c1ccc2ccccc2n1. The monoisotopic (exact) mass is 271 g/mol. The third-order valence-electron chi connectivity index (χ3n) is 3.36. The van der Waals surface area contributed by atoms with Gasteiger partial charge in [0.05, 0.1) is 5.52 Å². The van der Waals surface area contributed by atoms with Gasteiger partial charge in [0.1, 0.15) is 5.69 Å². The van der Waals surface area contributed by atoms with Crippen LogP contribution in [-0.2, 0) is 0 Å². The van der Waals surface area contributed by atoms with Crippen LogP contribution < -0.4 is 5.73 Å². The van der Waals surface area contributed by atoms with Crippen LogP contribution in [0.2, 0.25) is 0 Å². The van der Waals surface area contributed by atoms with Gasteiger partial charge >= 0.3 is 0 Å².